The van der Waals surface area contributed by atoms with Crippen LogP contribution in [0.15, 0.2) is 48.5 Å². The highest BCUT2D eigenvalue weighted by Gasteiger charge is 2.28. The number of rotatable bonds is 6. The van der Waals surface area contributed by atoms with E-state index in [4.69, 9.17) is 4.74 Å². The van der Waals surface area contributed by atoms with E-state index in [9.17, 15) is 13.2 Å². The third kappa shape index (κ3) is 5.50. The third-order valence-corrected chi connectivity index (χ3v) is 7.02. The topological polar surface area (TPSA) is 84.5 Å². The van der Waals surface area contributed by atoms with E-state index >= 15 is 0 Å². The fraction of sp³-hybridized carbons (Fsp3) is 0.409. The van der Waals surface area contributed by atoms with Crippen molar-refractivity contribution in [2.75, 3.05) is 10.0 Å². The summed E-state index contributed by atoms with van der Waals surface area (Å²) in [6.07, 6.45) is 4.79. The number of ether oxygens (including phenoxy) is 1. The Morgan fingerprint density at radius 1 is 1.00 bits per heavy atom. The molecule has 1 aliphatic carbocycles. The maximum Gasteiger partial charge on any atom is 0.255 e. The van der Waals surface area contributed by atoms with Crippen LogP contribution in [-0.4, -0.2) is 25.2 Å². The van der Waals surface area contributed by atoms with Gasteiger partial charge >= 0.3 is 0 Å². The zero-order chi connectivity index (χ0) is 21.1. The van der Waals surface area contributed by atoms with Gasteiger partial charge in [-0.2, -0.15) is 0 Å². The SMILES string of the molecule is CC(C)(C)S(=O)(=O)Nc1ccc(C(=O)Nc2cccc(OC3CCCC3)c2)cc1. The van der Waals surface area contributed by atoms with Gasteiger partial charge in [0.25, 0.3) is 5.91 Å². The highest BCUT2D eigenvalue weighted by Crippen LogP contribution is 2.26. The van der Waals surface area contributed by atoms with Crippen LogP contribution in [0, 0.1) is 0 Å². The lowest BCUT2D eigenvalue weighted by Gasteiger charge is -2.20. The predicted octanol–water partition coefficient (Wildman–Crippen LogP) is 4.80. The minimum atomic E-state index is -3.51. The van der Waals surface area contributed by atoms with Crippen LogP contribution in [0.1, 0.15) is 56.8 Å². The number of anilines is 2. The van der Waals surface area contributed by atoms with Gasteiger partial charge in [-0.15, -0.1) is 0 Å². The van der Waals surface area contributed by atoms with E-state index in [0.29, 0.717) is 16.9 Å². The van der Waals surface area contributed by atoms with Gasteiger partial charge in [-0.1, -0.05) is 6.07 Å². The first-order valence-electron chi connectivity index (χ1n) is 9.84. The lowest BCUT2D eigenvalue weighted by Crippen LogP contribution is -2.33. The van der Waals surface area contributed by atoms with Crippen LogP contribution in [0.25, 0.3) is 0 Å². The molecule has 2 aromatic rings. The Bertz CT molecular complexity index is 957. The summed E-state index contributed by atoms with van der Waals surface area (Å²) in [5.41, 5.74) is 1.51. The Kier molecular flexibility index (Phi) is 6.17. The first kappa shape index (κ1) is 21.2. The van der Waals surface area contributed by atoms with Crippen LogP contribution in [0.4, 0.5) is 11.4 Å². The molecule has 0 bridgehead atoms. The quantitative estimate of drug-likeness (QED) is 0.708. The maximum atomic E-state index is 12.5. The van der Waals surface area contributed by atoms with E-state index in [-0.39, 0.29) is 12.0 Å². The summed E-state index contributed by atoms with van der Waals surface area (Å²) in [5.74, 6) is 0.481. The molecule has 3 rings (SSSR count). The molecular weight excluding hydrogens is 388 g/mol. The van der Waals surface area contributed by atoms with Gasteiger partial charge in [-0.3, -0.25) is 9.52 Å². The predicted molar refractivity (Wildman–Crippen MR) is 116 cm³/mol. The number of nitrogens with one attached hydrogen (secondary N) is 2. The Morgan fingerprint density at radius 3 is 2.28 bits per heavy atom. The molecule has 1 fully saturated rings. The molecule has 2 N–H and O–H groups in total. The molecule has 2 aromatic carbocycles. The lowest BCUT2D eigenvalue weighted by molar-refractivity contribution is 0.102. The van der Waals surface area contributed by atoms with Gasteiger partial charge in [0, 0.05) is 23.0 Å². The van der Waals surface area contributed by atoms with Crippen molar-refractivity contribution in [3.05, 3.63) is 54.1 Å². The number of sulfonamides is 1. The van der Waals surface area contributed by atoms with Crippen LogP contribution in [-0.2, 0) is 10.0 Å². The molecule has 0 radical (unpaired) electrons. The first-order valence-corrected chi connectivity index (χ1v) is 11.3. The van der Waals surface area contributed by atoms with Gasteiger partial charge in [0.2, 0.25) is 10.0 Å². The van der Waals surface area contributed by atoms with E-state index < -0.39 is 14.8 Å². The van der Waals surface area contributed by atoms with Gasteiger partial charge < -0.3 is 10.1 Å². The van der Waals surface area contributed by atoms with Crippen LogP contribution < -0.4 is 14.8 Å². The summed E-state index contributed by atoms with van der Waals surface area (Å²) in [4.78, 5) is 12.5. The normalized spacial score (nSPS) is 15.1. The maximum absolute atomic E-state index is 12.5. The smallest absolute Gasteiger partial charge is 0.255 e. The highest BCUT2D eigenvalue weighted by atomic mass is 32.2. The van der Waals surface area contributed by atoms with Crippen molar-refractivity contribution in [2.45, 2.75) is 57.3 Å². The number of benzene rings is 2. The second kappa shape index (κ2) is 8.45. The molecule has 156 valence electrons. The summed E-state index contributed by atoms with van der Waals surface area (Å²) in [7, 11) is -3.51. The van der Waals surface area contributed by atoms with E-state index in [1.807, 2.05) is 24.3 Å². The van der Waals surface area contributed by atoms with Gasteiger partial charge in [-0.25, -0.2) is 8.42 Å². The molecule has 0 saturated heterocycles. The summed E-state index contributed by atoms with van der Waals surface area (Å²) >= 11 is 0. The third-order valence-electron chi connectivity index (χ3n) is 4.90. The van der Waals surface area contributed by atoms with E-state index in [1.165, 1.54) is 12.8 Å². The Morgan fingerprint density at radius 2 is 1.66 bits per heavy atom. The minimum Gasteiger partial charge on any atom is -0.490 e. The van der Waals surface area contributed by atoms with E-state index in [0.717, 1.165) is 18.6 Å². The fourth-order valence-corrected chi connectivity index (χ4v) is 3.80. The Hall–Kier alpha value is -2.54. The zero-order valence-corrected chi connectivity index (χ0v) is 17.9. The summed E-state index contributed by atoms with van der Waals surface area (Å²) in [5, 5.41) is 2.86. The monoisotopic (exact) mass is 416 g/mol. The molecule has 1 aliphatic rings. The zero-order valence-electron chi connectivity index (χ0n) is 17.1. The number of amides is 1. The van der Waals surface area contributed by atoms with Crippen molar-refractivity contribution in [3.63, 3.8) is 0 Å². The van der Waals surface area contributed by atoms with E-state index in [2.05, 4.69) is 10.0 Å². The van der Waals surface area contributed by atoms with Crippen molar-refractivity contribution in [1.29, 1.82) is 0 Å². The molecule has 0 atom stereocenters. The van der Waals surface area contributed by atoms with Crippen molar-refractivity contribution in [3.8, 4) is 5.75 Å². The second-order valence-corrected chi connectivity index (χ2v) is 10.7. The second-order valence-electron chi connectivity index (χ2n) is 8.30. The molecule has 0 heterocycles. The van der Waals surface area contributed by atoms with Crippen LogP contribution >= 0.6 is 0 Å². The molecule has 7 heteroatoms. The number of hydrogen-bond acceptors (Lipinski definition) is 4. The van der Waals surface area contributed by atoms with Crippen molar-refractivity contribution in [1.82, 2.24) is 0 Å². The highest BCUT2D eigenvalue weighted by molar-refractivity contribution is 7.94. The van der Waals surface area contributed by atoms with Crippen LogP contribution in [0.5, 0.6) is 5.75 Å². The molecule has 0 aliphatic heterocycles. The average Bonchev–Trinajstić information content (AvgIpc) is 3.14. The minimum absolute atomic E-state index is 0.255. The average molecular weight is 417 g/mol. The van der Waals surface area contributed by atoms with Gasteiger partial charge in [-0.05, 0) is 82.9 Å². The van der Waals surface area contributed by atoms with Crippen molar-refractivity contribution in [2.24, 2.45) is 0 Å². The molecule has 0 spiro atoms. The van der Waals surface area contributed by atoms with E-state index in [1.54, 1.807) is 45.0 Å². The van der Waals surface area contributed by atoms with Crippen LogP contribution in [0.2, 0.25) is 0 Å². The molecule has 1 saturated carbocycles. The van der Waals surface area contributed by atoms with Crippen LogP contribution in [0.3, 0.4) is 0 Å². The molecule has 0 aromatic heterocycles. The van der Waals surface area contributed by atoms with Gasteiger partial charge in [0.05, 0.1) is 10.9 Å². The first-order chi connectivity index (χ1) is 13.6. The molecule has 0 unspecified atom stereocenters. The van der Waals surface area contributed by atoms with Gasteiger partial charge in [0.15, 0.2) is 0 Å². The van der Waals surface area contributed by atoms with Crippen molar-refractivity contribution < 1.29 is 17.9 Å². The van der Waals surface area contributed by atoms with Gasteiger partial charge in [0.1, 0.15) is 5.75 Å². The molecule has 29 heavy (non-hydrogen) atoms. The number of hydrogen-bond donors (Lipinski definition) is 2. The Balaban J connectivity index is 1.64. The Labute approximate surface area is 172 Å². The molecular formula is C22H28N2O4S. The molecule has 1 amide bonds. The summed E-state index contributed by atoms with van der Waals surface area (Å²) in [6, 6.07) is 13.7. The summed E-state index contributed by atoms with van der Waals surface area (Å²) in [6.45, 7) is 4.88. The van der Waals surface area contributed by atoms with Crippen molar-refractivity contribution >= 4 is 27.3 Å². The standard InChI is InChI=1S/C22H28N2O4S/c1-22(2,3)29(26,27)24-17-13-11-16(12-14-17)21(25)23-18-7-6-10-20(15-18)28-19-8-4-5-9-19/h6-7,10-15,19,24H,4-5,8-9H2,1-3H3,(H,23,25). The number of carbonyl (C=O) groups excluding carboxylic acids is 1. The largest absolute Gasteiger partial charge is 0.490 e. The lowest BCUT2D eigenvalue weighted by atomic mass is 10.2. The summed E-state index contributed by atoms with van der Waals surface area (Å²) < 4.78 is 32.1. The molecule has 6 nitrogen and oxygen atoms in total. The fourth-order valence-electron chi connectivity index (χ4n) is 3.05. The number of carbonyl (C=O) groups is 1.